The molecule has 1 saturated heterocycles. The van der Waals surface area contributed by atoms with Crippen LogP contribution in [0, 0.1) is 5.92 Å². The van der Waals surface area contributed by atoms with E-state index in [0.717, 1.165) is 25.9 Å². The Morgan fingerprint density at radius 2 is 1.85 bits per heavy atom. The molecule has 0 aromatic carbocycles. The molecule has 116 valence electrons. The fraction of sp³-hybridized carbons (Fsp3) is 0.833. The number of nitrogens with zero attached hydrogens (tertiary/aromatic N) is 1. The number of carbonyl (C=O) groups excluding carboxylic acids is 1. The lowest BCUT2D eigenvalue weighted by molar-refractivity contribution is -0.165. The van der Waals surface area contributed by atoms with Gasteiger partial charge in [0.15, 0.2) is 0 Å². The number of piperidine rings is 1. The van der Waals surface area contributed by atoms with Crippen molar-refractivity contribution in [3.63, 3.8) is 0 Å². The molecule has 0 aromatic rings. The molecule has 1 amide bonds. The third kappa shape index (κ3) is 6.74. The number of amides is 1. The topological polar surface area (TPSA) is 69.6 Å². The number of nitrogens with one attached hydrogen (secondary N) is 1. The van der Waals surface area contributed by atoms with E-state index < -0.39 is 31.1 Å². The van der Waals surface area contributed by atoms with Crippen LogP contribution in [0.15, 0.2) is 0 Å². The lowest BCUT2D eigenvalue weighted by Crippen LogP contribution is -2.42. The van der Waals surface area contributed by atoms with Crippen LogP contribution in [0.25, 0.3) is 0 Å². The van der Waals surface area contributed by atoms with Gasteiger partial charge in [-0.3, -0.25) is 9.59 Å². The van der Waals surface area contributed by atoms with Crippen LogP contribution in [0.5, 0.6) is 0 Å². The molecule has 20 heavy (non-hydrogen) atoms. The normalized spacial score (nSPS) is 16.9. The van der Waals surface area contributed by atoms with Crippen LogP contribution < -0.4 is 5.32 Å². The Labute approximate surface area is 115 Å². The van der Waals surface area contributed by atoms with E-state index in [9.17, 15) is 22.8 Å². The highest BCUT2D eigenvalue weighted by Crippen LogP contribution is 2.20. The quantitative estimate of drug-likeness (QED) is 0.774. The number of alkyl halides is 3. The number of aliphatic carboxylic acids is 1. The Morgan fingerprint density at radius 3 is 2.35 bits per heavy atom. The summed E-state index contributed by atoms with van der Waals surface area (Å²) in [5.41, 5.74) is 0. The van der Waals surface area contributed by atoms with Gasteiger partial charge in [0.2, 0.25) is 5.91 Å². The van der Waals surface area contributed by atoms with E-state index in [2.05, 4.69) is 5.32 Å². The molecule has 5 nitrogen and oxygen atoms in total. The molecule has 2 N–H and O–H groups in total. The van der Waals surface area contributed by atoms with E-state index in [-0.39, 0.29) is 6.42 Å². The first kappa shape index (κ1) is 16.7. The summed E-state index contributed by atoms with van der Waals surface area (Å²) in [5.74, 6) is -1.87. The minimum absolute atomic E-state index is 0.0337. The maximum atomic E-state index is 12.3. The molecule has 1 rings (SSSR count). The van der Waals surface area contributed by atoms with Crippen LogP contribution in [0.2, 0.25) is 0 Å². The molecular weight excluding hydrogens is 277 g/mol. The molecule has 8 heteroatoms. The zero-order valence-electron chi connectivity index (χ0n) is 11.1. The molecule has 0 atom stereocenters. The highest BCUT2D eigenvalue weighted by Gasteiger charge is 2.33. The minimum atomic E-state index is -4.58. The summed E-state index contributed by atoms with van der Waals surface area (Å²) in [5, 5.41) is 11.7. The standard InChI is InChI=1S/C12H19F3N2O3/c13-12(14,15)8-17(7-11(19)20)10(18)2-1-9-3-5-16-6-4-9/h9,16H,1-8H2,(H,19,20). The first-order valence-electron chi connectivity index (χ1n) is 6.55. The second kappa shape index (κ2) is 7.47. The van der Waals surface area contributed by atoms with Crippen LogP contribution in [-0.2, 0) is 9.59 Å². The Balaban J connectivity index is 2.47. The lowest BCUT2D eigenvalue weighted by atomic mass is 9.93. The van der Waals surface area contributed by atoms with Crippen molar-refractivity contribution in [2.45, 2.75) is 31.9 Å². The number of halogens is 3. The molecule has 1 heterocycles. The van der Waals surface area contributed by atoms with Crippen LogP contribution >= 0.6 is 0 Å². The predicted octanol–water partition coefficient (Wildman–Crippen LogP) is 1.24. The number of carboxylic acid groups (broad SMARTS) is 1. The average Bonchev–Trinajstić information content (AvgIpc) is 2.34. The van der Waals surface area contributed by atoms with Crippen molar-refractivity contribution >= 4 is 11.9 Å². The Kier molecular flexibility index (Phi) is 6.25. The highest BCUT2D eigenvalue weighted by molar-refractivity contribution is 5.81. The molecule has 0 aromatic heterocycles. The third-order valence-corrected chi connectivity index (χ3v) is 3.27. The number of hydrogen-bond donors (Lipinski definition) is 2. The van der Waals surface area contributed by atoms with Crippen molar-refractivity contribution in [1.29, 1.82) is 0 Å². The molecule has 0 spiro atoms. The summed E-state index contributed by atoms with van der Waals surface area (Å²) in [4.78, 5) is 22.6. The zero-order valence-corrected chi connectivity index (χ0v) is 11.1. The third-order valence-electron chi connectivity index (χ3n) is 3.27. The molecule has 1 fully saturated rings. The number of rotatable bonds is 6. The summed E-state index contributed by atoms with van der Waals surface area (Å²) >= 11 is 0. The Morgan fingerprint density at radius 1 is 1.25 bits per heavy atom. The van der Waals surface area contributed by atoms with Gasteiger partial charge in [0.25, 0.3) is 0 Å². The van der Waals surface area contributed by atoms with Gasteiger partial charge < -0.3 is 15.3 Å². The van der Waals surface area contributed by atoms with Gasteiger partial charge in [-0.05, 0) is 38.3 Å². The summed E-state index contributed by atoms with van der Waals surface area (Å²) in [6.07, 6.45) is -2.32. The van der Waals surface area contributed by atoms with Gasteiger partial charge in [0, 0.05) is 6.42 Å². The maximum Gasteiger partial charge on any atom is 0.406 e. The summed E-state index contributed by atoms with van der Waals surface area (Å²) in [7, 11) is 0. The largest absolute Gasteiger partial charge is 0.480 e. The first-order chi connectivity index (χ1) is 9.28. The molecule has 0 saturated carbocycles. The van der Waals surface area contributed by atoms with Gasteiger partial charge in [-0.15, -0.1) is 0 Å². The van der Waals surface area contributed by atoms with E-state index in [1.807, 2.05) is 0 Å². The van der Waals surface area contributed by atoms with E-state index in [4.69, 9.17) is 5.11 Å². The van der Waals surface area contributed by atoms with Crippen molar-refractivity contribution in [2.24, 2.45) is 5.92 Å². The van der Waals surface area contributed by atoms with Gasteiger partial charge in [-0.25, -0.2) is 0 Å². The molecular formula is C12H19F3N2O3. The molecule has 0 bridgehead atoms. The Hall–Kier alpha value is -1.31. The van der Waals surface area contributed by atoms with Crippen molar-refractivity contribution in [3.05, 3.63) is 0 Å². The second-order valence-corrected chi connectivity index (χ2v) is 4.99. The summed E-state index contributed by atoms with van der Waals surface area (Å²) in [6, 6.07) is 0. The van der Waals surface area contributed by atoms with Gasteiger partial charge >= 0.3 is 12.1 Å². The van der Waals surface area contributed by atoms with Crippen LogP contribution in [0.4, 0.5) is 13.2 Å². The SMILES string of the molecule is O=C(O)CN(CC(F)(F)F)C(=O)CCC1CCNCC1. The zero-order chi connectivity index (χ0) is 15.2. The van der Waals surface area contributed by atoms with Gasteiger partial charge in [-0.2, -0.15) is 13.2 Å². The second-order valence-electron chi connectivity index (χ2n) is 4.99. The van der Waals surface area contributed by atoms with E-state index >= 15 is 0 Å². The smallest absolute Gasteiger partial charge is 0.406 e. The molecule has 1 aliphatic rings. The number of carbonyl (C=O) groups is 2. The molecule has 0 unspecified atom stereocenters. The summed E-state index contributed by atoms with van der Waals surface area (Å²) in [6.45, 7) is -0.727. The van der Waals surface area contributed by atoms with Gasteiger partial charge in [0.1, 0.15) is 13.1 Å². The van der Waals surface area contributed by atoms with Crippen molar-refractivity contribution in [1.82, 2.24) is 10.2 Å². The number of carboxylic acids is 1. The molecule has 0 aliphatic carbocycles. The molecule has 0 radical (unpaired) electrons. The highest BCUT2D eigenvalue weighted by atomic mass is 19.4. The average molecular weight is 296 g/mol. The fourth-order valence-corrected chi connectivity index (χ4v) is 2.27. The number of hydrogen-bond acceptors (Lipinski definition) is 3. The minimum Gasteiger partial charge on any atom is -0.480 e. The van der Waals surface area contributed by atoms with Gasteiger partial charge in [0.05, 0.1) is 0 Å². The van der Waals surface area contributed by atoms with Crippen LogP contribution in [0.1, 0.15) is 25.7 Å². The maximum absolute atomic E-state index is 12.3. The Bertz CT molecular complexity index is 341. The van der Waals surface area contributed by atoms with E-state index in [1.165, 1.54) is 0 Å². The first-order valence-corrected chi connectivity index (χ1v) is 6.55. The van der Waals surface area contributed by atoms with Gasteiger partial charge in [-0.1, -0.05) is 0 Å². The van der Waals surface area contributed by atoms with Crippen LogP contribution in [-0.4, -0.2) is 54.2 Å². The van der Waals surface area contributed by atoms with Crippen molar-refractivity contribution in [2.75, 3.05) is 26.2 Å². The van der Waals surface area contributed by atoms with Crippen molar-refractivity contribution in [3.8, 4) is 0 Å². The lowest BCUT2D eigenvalue weighted by Gasteiger charge is -2.25. The summed E-state index contributed by atoms with van der Waals surface area (Å²) < 4.78 is 36.9. The predicted molar refractivity (Wildman–Crippen MR) is 65.1 cm³/mol. The van der Waals surface area contributed by atoms with E-state index in [1.54, 1.807) is 0 Å². The van der Waals surface area contributed by atoms with Crippen LogP contribution in [0.3, 0.4) is 0 Å². The van der Waals surface area contributed by atoms with E-state index in [0.29, 0.717) is 17.2 Å². The molecule has 1 aliphatic heterocycles. The fourth-order valence-electron chi connectivity index (χ4n) is 2.27. The van der Waals surface area contributed by atoms with Crippen molar-refractivity contribution < 1.29 is 27.9 Å². The monoisotopic (exact) mass is 296 g/mol.